The summed E-state index contributed by atoms with van der Waals surface area (Å²) in [6.45, 7) is 6.44. The van der Waals surface area contributed by atoms with Crippen LogP contribution in [0.1, 0.15) is 38.5 Å². The molecule has 0 saturated carbocycles. The van der Waals surface area contributed by atoms with Crippen LogP contribution in [0, 0.1) is 0 Å². The van der Waals surface area contributed by atoms with Crippen LogP contribution in [0.25, 0.3) is 0 Å². The van der Waals surface area contributed by atoms with Gasteiger partial charge in [0.2, 0.25) is 5.91 Å². The molecule has 0 aromatic carbocycles. The van der Waals surface area contributed by atoms with E-state index < -0.39 is 0 Å². The number of unbranched alkanes of at least 4 members (excludes halogenated alkanes) is 2. The number of nitrogens with two attached hydrogens (primary N) is 1. The van der Waals surface area contributed by atoms with Crippen LogP contribution in [0.2, 0.25) is 0 Å². The van der Waals surface area contributed by atoms with E-state index in [-0.39, 0.29) is 0 Å². The number of amides is 1. The Morgan fingerprint density at radius 1 is 1.15 bits per heavy atom. The van der Waals surface area contributed by atoms with Gasteiger partial charge in [-0.2, -0.15) is 0 Å². The summed E-state index contributed by atoms with van der Waals surface area (Å²) in [6.07, 6.45) is 6.59. The Labute approximate surface area is 122 Å². The topological polar surface area (TPSA) is 58.8 Å². The molecule has 2 heterocycles. The molecule has 2 aliphatic heterocycles. The van der Waals surface area contributed by atoms with Crippen LogP contribution in [0.4, 0.5) is 0 Å². The van der Waals surface area contributed by atoms with E-state index in [4.69, 9.17) is 10.5 Å². The molecule has 5 heteroatoms. The number of nitrogens with zero attached hydrogens (tertiary/aromatic N) is 2. The summed E-state index contributed by atoms with van der Waals surface area (Å²) in [5.74, 6) is 0.318. The molecule has 2 aliphatic rings. The molecule has 116 valence electrons. The van der Waals surface area contributed by atoms with Gasteiger partial charge in [0.15, 0.2) is 0 Å². The summed E-state index contributed by atoms with van der Waals surface area (Å²) in [5, 5.41) is 0. The minimum absolute atomic E-state index is 0.318. The number of hydrogen-bond acceptors (Lipinski definition) is 4. The molecule has 2 saturated heterocycles. The molecule has 20 heavy (non-hydrogen) atoms. The van der Waals surface area contributed by atoms with Gasteiger partial charge in [0.1, 0.15) is 0 Å². The maximum Gasteiger partial charge on any atom is 0.222 e. The van der Waals surface area contributed by atoms with Crippen molar-refractivity contribution in [2.75, 3.05) is 45.9 Å². The molecule has 1 unspecified atom stereocenters. The second-order valence-electron chi connectivity index (χ2n) is 5.92. The fourth-order valence-electron chi connectivity index (χ4n) is 3.01. The Morgan fingerprint density at radius 3 is 2.60 bits per heavy atom. The Hall–Kier alpha value is -0.650. The smallest absolute Gasteiger partial charge is 0.222 e. The van der Waals surface area contributed by atoms with Crippen molar-refractivity contribution < 1.29 is 9.53 Å². The first-order valence-electron chi connectivity index (χ1n) is 8.11. The number of ether oxygens (including phenoxy) is 1. The quantitative estimate of drug-likeness (QED) is 0.703. The SMILES string of the molecule is NCCCCCC(=O)N1CCN(CC2CCCO2)CC1. The molecule has 0 radical (unpaired) electrons. The van der Waals surface area contributed by atoms with Crippen molar-refractivity contribution in [1.29, 1.82) is 0 Å². The van der Waals surface area contributed by atoms with Gasteiger partial charge in [0.25, 0.3) is 0 Å². The molecular weight excluding hydrogens is 254 g/mol. The maximum atomic E-state index is 12.1. The van der Waals surface area contributed by atoms with Crippen LogP contribution in [0.15, 0.2) is 0 Å². The van der Waals surface area contributed by atoms with E-state index in [0.29, 0.717) is 18.4 Å². The summed E-state index contributed by atoms with van der Waals surface area (Å²) < 4.78 is 5.67. The normalized spacial score (nSPS) is 24.2. The zero-order chi connectivity index (χ0) is 14.2. The Bertz CT molecular complexity index is 285. The monoisotopic (exact) mass is 283 g/mol. The van der Waals surface area contributed by atoms with Crippen LogP contribution in [-0.2, 0) is 9.53 Å². The third-order valence-electron chi connectivity index (χ3n) is 4.31. The van der Waals surface area contributed by atoms with Crippen molar-refractivity contribution in [3.8, 4) is 0 Å². The third-order valence-corrected chi connectivity index (χ3v) is 4.31. The minimum Gasteiger partial charge on any atom is -0.377 e. The zero-order valence-electron chi connectivity index (χ0n) is 12.6. The van der Waals surface area contributed by atoms with Gasteiger partial charge in [-0.1, -0.05) is 6.42 Å². The van der Waals surface area contributed by atoms with Crippen molar-refractivity contribution in [1.82, 2.24) is 9.80 Å². The maximum absolute atomic E-state index is 12.1. The van der Waals surface area contributed by atoms with E-state index in [1.165, 1.54) is 12.8 Å². The summed E-state index contributed by atoms with van der Waals surface area (Å²) in [7, 11) is 0. The molecule has 0 aromatic heterocycles. The van der Waals surface area contributed by atoms with Crippen molar-refractivity contribution in [2.24, 2.45) is 5.73 Å². The largest absolute Gasteiger partial charge is 0.377 e. The highest BCUT2D eigenvalue weighted by Gasteiger charge is 2.24. The van der Waals surface area contributed by atoms with E-state index in [1.807, 2.05) is 4.90 Å². The molecule has 5 nitrogen and oxygen atoms in total. The zero-order valence-corrected chi connectivity index (χ0v) is 12.6. The molecular formula is C15H29N3O2. The first-order valence-corrected chi connectivity index (χ1v) is 8.11. The number of carbonyl (C=O) groups excluding carboxylic acids is 1. The Morgan fingerprint density at radius 2 is 1.95 bits per heavy atom. The van der Waals surface area contributed by atoms with Crippen molar-refractivity contribution in [2.45, 2.75) is 44.6 Å². The average molecular weight is 283 g/mol. The van der Waals surface area contributed by atoms with Gasteiger partial charge in [-0.25, -0.2) is 0 Å². The molecule has 0 bridgehead atoms. The second kappa shape index (κ2) is 8.60. The lowest BCUT2D eigenvalue weighted by atomic mass is 10.1. The highest BCUT2D eigenvalue weighted by molar-refractivity contribution is 5.76. The molecule has 0 spiro atoms. The van der Waals surface area contributed by atoms with Gasteiger partial charge in [-0.05, 0) is 32.2 Å². The van der Waals surface area contributed by atoms with Crippen LogP contribution < -0.4 is 5.73 Å². The molecule has 2 rings (SSSR count). The fraction of sp³-hybridized carbons (Fsp3) is 0.933. The first kappa shape index (κ1) is 15.7. The number of piperazine rings is 1. The summed E-state index contributed by atoms with van der Waals surface area (Å²) in [5.41, 5.74) is 5.46. The number of rotatable bonds is 7. The van der Waals surface area contributed by atoms with Crippen molar-refractivity contribution in [3.05, 3.63) is 0 Å². The Balaban J connectivity index is 1.59. The number of hydrogen-bond donors (Lipinski definition) is 1. The lowest BCUT2D eigenvalue weighted by molar-refractivity contribution is -0.133. The van der Waals surface area contributed by atoms with Gasteiger partial charge in [-0.3, -0.25) is 9.69 Å². The fourth-order valence-corrected chi connectivity index (χ4v) is 3.01. The summed E-state index contributed by atoms with van der Waals surface area (Å²) in [6, 6.07) is 0. The van der Waals surface area contributed by atoms with Crippen molar-refractivity contribution in [3.63, 3.8) is 0 Å². The van der Waals surface area contributed by atoms with Gasteiger partial charge < -0.3 is 15.4 Å². The highest BCUT2D eigenvalue weighted by Crippen LogP contribution is 2.15. The average Bonchev–Trinajstić information content (AvgIpc) is 2.97. The summed E-state index contributed by atoms with van der Waals surface area (Å²) >= 11 is 0. The van der Waals surface area contributed by atoms with E-state index in [0.717, 1.165) is 65.1 Å². The van der Waals surface area contributed by atoms with Gasteiger partial charge in [-0.15, -0.1) is 0 Å². The van der Waals surface area contributed by atoms with E-state index in [1.54, 1.807) is 0 Å². The second-order valence-corrected chi connectivity index (χ2v) is 5.92. The highest BCUT2D eigenvalue weighted by atomic mass is 16.5. The molecule has 2 N–H and O–H groups in total. The van der Waals surface area contributed by atoms with Crippen LogP contribution in [0.5, 0.6) is 0 Å². The van der Waals surface area contributed by atoms with Crippen LogP contribution in [0.3, 0.4) is 0 Å². The third kappa shape index (κ3) is 5.04. The number of carbonyl (C=O) groups is 1. The lowest BCUT2D eigenvalue weighted by Gasteiger charge is -2.35. The van der Waals surface area contributed by atoms with Crippen molar-refractivity contribution >= 4 is 5.91 Å². The van der Waals surface area contributed by atoms with Crippen LogP contribution in [-0.4, -0.2) is 67.7 Å². The predicted molar refractivity (Wildman–Crippen MR) is 79.5 cm³/mol. The lowest BCUT2D eigenvalue weighted by Crippen LogP contribution is -2.50. The van der Waals surface area contributed by atoms with E-state index in [2.05, 4.69) is 4.90 Å². The van der Waals surface area contributed by atoms with E-state index in [9.17, 15) is 4.79 Å². The first-order chi connectivity index (χ1) is 9.79. The molecule has 2 fully saturated rings. The van der Waals surface area contributed by atoms with Crippen LogP contribution >= 0.6 is 0 Å². The minimum atomic E-state index is 0.318. The molecule has 0 aliphatic carbocycles. The Kier molecular flexibility index (Phi) is 6.76. The summed E-state index contributed by atoms with van der Waals surface area (Å²) in [4.78, 5) is 16.5. The molecule has 1 atom stereocenters. The molecule has 1 amide bonds. The molecule has 0 aromatic rings. The van der Waals surface area contributed by atoms with Gasteiger partial charge in [0, 0.05) is 45.8 Å². The standard InChI is InChI=1S/C15H29N3O2/c16-7-3-1-2-6-15(19)18-10-8-17(9-11-18)13-14-5-4-12-20-14/h14H,1-13,16H2. The van der Waals surface area contributed by atoms with E-state index >= 15 is 0 Å². The predicted octanol–water partition coefficient (Wildman–Crippen LogP) is 0.829. The van der Waals surface area contributed by atoms with Gasteiger partial charge in [0.05, 0.1) is 6.10 Å². The van der Waals surface area contributed by atoms with Gasteiger partial charge >= 0.3 is 0 Å².